The topological polar surface area (TPSA) is 35.5 Å². The average molecular weight is 280 g/mol. The van der Waals surface area contributed by atoms with Gasteiger partial charge in [0, 0.05) is 25.2 Å². The summed E-state index contributed by atoms with van der Waals surface area (Å²) in [4.78, 5) is 2.09. The Morgan fingerprint density at radius 2 is 2.00 bits per heavy atom. The summed E-state index contributed by atoms with van der Waals surface area (Å²) in [6, 6.07) is 0. The summed E-state index contributed by atoms with van der Waals surface area (Å²) < 4.78 is 38.9. The van der Waals surface area contributed by atoms with Crippen molar-refractivity contribution in [3.63, 3.8) is 0 Å². The molecule has 1 saturated heterocycles. The molecule has 3 nitrogen and oxygen atoms in total. The van der Waals surface area contributed by atoms with Crippen LogP contribution in [0.15, 0.2) is 0 Å². The number of nitrogens with zero attached hydrogens (tertiary/aromatic N) is 1. The Labute approximate surface area is 112 Å². The van der Waals surface area contributed by atoms with Gasteiger partial charge in [-0.15, -0.1) is 0 Å². The van der Waals surface area contributed by atoms with Gasteiger partial charge >= 0.3 is 6.18 Å². The van der Waals surface area contributed by atoms with Crippen LogP contribution in [0.3, 0.4) is 0 Å². The van der Waals surface area contributed by atoms with Gasteiger partial charge in [0.1, 0.15) is 0 Å². The highest BCUT2D eigenvalue weighted by molar-refractivity contribution is 4.97. The van der Waals surface area contributed by atoms with Gasteiger partial charge in [0.05, 0.1) is 12.5 Å². The normalized spacial score (nSPS) is 35.1. The van der Waals surface area contributed by atoms with Crippen LogP contribution < -0.4 is 5.32 Å². The molecule has 1 aliphatic heterocycles. The van der Waals surface area contributed by atoms with Crippen molar-refractivity contribution in [3.05, 3.63) is 0 Å². The Morgan fingerprint density at radius 1 is 1.21 bits per heavy atom. The number of hydrogen-bond acceptors (Lipinski definition) is 3. The summed E-state index contributed by atoms with van der Waals surface area (Å²) in [5, 5.41) is 13.0. The molecule has 2 unspecified atom stereocenters. The second kappa shape index (κ2) is 5.97. The van der Waals surface area contributed by atoms with Crippen molar-refractivity contribution in [1.82, 2.24) is 10.2 Å². The lowest BCUT2D eigenvalue weighted by molar-refractivity contribution is -0.196. The molecule has 19 heavy (non-hydrogen) atoms. The molecular weight excluding hydrogens is 257 g/mol. The summed E-state index contributed by atoms with van der Waals surface area (Å²) >= 11 is 0. The standard InChI is InChI=1S/C13H23F3N2O/c14-13(15,16)11-3-1-4-12(9-11,10-19)18-7-2-5-17-6-8-18/h11,17,19H,1-10H2. The summed E-state index contributed by atoms with van der Waals surface area (Å²) in [6.45, 7) is 3.03. The Bertz CT molecular complexity index is 290. The molecule has 0 aromatic rings. The highest BCUT2D eigenvalue weighted by Crippen LogP contribution is 2.44. The lowest BCUT2D eigenvalue weighted by atomic mass is 9.74. The van der Waals surface area contributed by atoms with Crippen LogP contribution in [-0.4, -0.2) is 54.5 Å². The van der Waals surface area contributed by atoms with Gasteiger partial charge in [-0.25, -0.2) is 0 Å². The van der Waals surface area contributed by atoms with Gasteiger partial charge in [0.15, 0.2) is 0 Å². The molecule has 0 radical (unpaired) electrons. The monoisotopic (exact) mass is 280 g/mol. The number of nitrogens with one attached hydrogen (secondary N) is 1. The first-order chi connectivity index (χ1) is 8.98. The van der Waals surface area contributed by atoms with Gasteiger partial charge in [-0.1, -0.05) is 6.42 Å². The van der Waals surface area contributed by atoms with Crippen LogP contribution in [-0.2, 0) is 0 Å². The number of hydrogen-bond donors (Lipinski definition) is 2. The van der Waals surface area contributed by atoms with Crippen molar-refractivity contribution in [2.24, 2.45) is 5.92 Å². The molecule has 6 heteroatoms. The number of alkyl halides is 3. The minimum Gasteiger partial charge on any atom is -0.394 e. The van der Waals surface area contributed by atoms with Crippen LogP contribution in [0.25, 0.3) is 0 Å². The van der Waals surface area contributed by atoms with Crippen LogP contribution in [0.1, 0.15) is 32.1 Å². The van der Waals surface area contributed by atoms with Crippen LogP contribution in [0.2, 0.25) is 0 Å². The second-order valence-corrected chi connectivity index (χ2v) is 5.81. The summed E-state index contributed by atoms with van der Waals surface area (Å²) in [5.74, 6) is -1.26. The maximum Gasteiger partial charge on any atom is 0.391 e. The lowest BCUT2D eigenvalue weighted by Gasteiger charge is -2.47. The van der Waals surface area contributed by atoms with Crippen LogP contribution in [0.5, 0.6) is 0 Å². The van der Waals surface area contributed by atoms with E-state index in [9.17, 15) is 18.3 Å². The zero-order valence-electron chi connectivity index (χ0n) is 11.2. The van der Waals surface area contributed by atoms with E-state index in [0.717, 1.165) is 32.6 Å². The number of rotatable bonds is 2. The third-order valence-corrected chi connectivity index (χ3v) is 4.59. The van der Waals surface area contributed by atoms with Gasteiger partial charge in [-0.3, -0.25) is 4.90 Å². The molecule has 2 fully saturated rings. The Hall–Kier alpha value is -0.330. The van der Waals surface area contributed by atoms with Crippen molar-refractivity contribution in [2.75, 3.05) is 32.8 Å². The molecular formula is C13H23F3N2O. The van der Waals surface area contributed by atoms with Gasteiger partial charge in [0.2, 0.25) is 0 Å². The molecule has 0 aromatic heterocycles. The molecule has 0 spiro atoms. The van der Waals surface area contributed by atoms with Gasteiger partial charge in [0.25, 0.3) is 0 Å². The van der Waals surface area contributed by atoms with E-state index in [1.165, 1.54) is 0 Å². The molecule has 1 heterocycles. The zero-order valence-corrected chi connectivity index (χ0v) is 11.2. The quantitative estimate of drug-likeness (QED) is 0.809. The molecule has 2 aliphatic rings. The number of halogens is 3. The molecule has 2 atom stereocenters. The van der Waals surface area contributed by atoms with E-state index in [4.69, 9.17) is 0 Å². The highest BCUT2D eigenvalue weighted by Gasteiger charge is 2.49. The third-order valence-electron chi connectivity index (χ3n) is 4.59. The Balaban J connectivity index is 2.11. The lowest BCUT2D eigenvalue weighted by Crippen LogP contribution is -2.56. The van der Waals surface area contributed by atoms with E-state index in [-0.39, 0.29) is 19.4 Å². The molecule has 0 aromatic carbocycles. The Morgan fingerprint density at radius 3 is 2.68 bits per heavy atom. The second-order valence-electron chi connectivity index (χ2n) is 5.81. The fourth-order valence-electron chi connectivity index (χ4n) is 3.47. The molecule has 2 N–H and O–H groups in total. The Kier molecular flexibility index (Phi) is 4.74. The van der Waals surface area contributed by atoms with Crippen molar-refractivity contribution < 1.29 is 18.3 Å². The first-order valence-corrected chi connectivity index (χ1v) is 7.11. The van der Waals surface area contributed by atoms with E-state index < -0.39 is 17.6 Å². The van der Waals surface area contributed by atoms with E-state index in [1.807, 2.05) is 0 Å². The van der Waals surface area contributed by atoms with Crippen LogP contribution >= 0.6 is 0 Å². The smallest absolute Gasteiger partial charge is 0.391 e. The van der Waals surface area contributed by atoms with Gasteiger partial charge < -0.3 is 10.4 Å². The first kappa shape index (κ1) is 15.1. The van der Waals surface area contributed by atoms with Crippen LogP contribution in [0.4, 0.5) is 13.2 Å². The third kappa shape index (κ3) is 3.41. The fraction of sp³-hybridized carbons (Fsp3) is 1.00. The maximum absolute atomic E-state index is 13.0. The number of aliphatic hydroxyl groups is 1. The summed E-state index contributed by atoms with van der Waals surface area (Å²) in [5.41, 5.74) is -0.662. The molecule has 1 aliphatic carbocycles. The molecule has 1 saturated carbocycles. The van der Waals surface area contributed by atoms with Crippen molar-refractivity contribution in [3.8, 4) is 0 Å². The van der Waals surface area contributed by atoms with E-state index in [2.05, 4.69) is 10.2 Å². The van der Waals surface area contributed by atoms with Crippen molar-refractivity contribution in [2.45, 2.75) is 43.8 Å². The molecule has 0 bridgehead atoms. The van der Waals surface area contributed by atoms with Gasteiger partial charge in [-0.2, -0.15) is 13.2 Å². The minimum atomic E-state index is -4.13. The largest absolute Gasteiger partial charge is 0.394 e. The molecule has 0 amide bonds. The summed E-state index contributed by atoms with van der Waals surface area (Å²) in [7, 11) is 0. The van der Waals surface area contributed by atoms with Crippen molar-refractivity contribution >= 4 is 0 Å². The van der Waals surface area contributed by atoms with E-state index in [1.54, 1.807) is 0 Å². The average Bonchev–Trinajstić information content (AvgIpc) is 2.67. The predicted octanol–water partition coefficient (Wildman–Crippen LogP) is 1.77. The molecule has 112 valence electrons. The highest BCUT2D eigenvalue weighted by atomic mass is 19.4. The van der Waals surface area contributed by atoms with Gasteiger partial charge in [-0.05, 0) is 32.2 Å². The van der Waals surface area contributed by atoms with E-state index >= 15 is 0 Å². The predicted molar refractivity (Wildman–Crippen MR) is 66.9 cm³/mol. The first-order valence-electron chi connectivity index (χ1n) is 7.11. The zero-order chi connectivity index (χ0) is 13.9. The van der Waals surface area contributed by atoms with E-state index in [0.29, 0.717) is 12.8 Å². The minimum absolute atomic E-state index is 0.0486. The molecule has 2 rings (SSSR count). The fourth-order valence-corrected chi connectivity index (χ4v) is 3.47. The SMILES string of the molecule is OCC1(N2CCCNCC2)CCCC(C(F)(F)F)C1. The maximum atomic E-state index is 13.0. The number of aliphatic hydroxyl groups excluding tert-OH is 1. The van der Waals surface area contributed by atoms with Crippen molar-refractivity contribution in [1.29, 1.82) is 0 Å². The van der Waals surface area contributed by atoms with Crippen LogP contribution in [0, 0.1) is 5.92 Å². The summed E-state index contributed by atoms with van der Waals surface area (Å²) in [6.07, 6.45) is -1.72.